The van der Waals surface area contributed by atoms with Gasteiger partial charge in [0, 0.05) is 26.1 Å². The van der Waals surface area contributed by atoms with Crippen molar-refractivity contribution in [2.45, 2.75) is 25.0 Å². The van der Waals surface area contributed by atoms with E-state index >= 15 is 0 Å². The molecule has 2 amide bonds. The molecule has 0 aliphatic carbocycles. The third-order valence-electron chi connectivity index (χ3n) is 2.43. The Hall–Kier alpha value is -1.34. The van der Waals surface area contributed by atoms with Crippen LogP contribution >= 0.6 is 0 Å². The number of carbonyl (C=O) groups is 2. The average Bonchev–Trinajstić information content (AvgIpc) is 2.64. The van der Waals surface area contributed by atoms with Crippen LogP contribution in [-0.2, 0) is 4.79 Å². The molecule has 0 aromatic carbocycles. The molecule has 1 aliphatic rings. The number of amides is 2. The number of likely N-dealkylation sites (tertiary alicyclic amines) is 1. The lowest BCUT2D eigenvalue weighted by atomic mass is 10.2. The maximum atomic E-state index is 11.4. The van der Waals surface area contributed by atoms with Crippen LogP contribution in [0.2, 0.25) is 0 Å². The SMILES string of the molecule is O=C(O)C(O)CCNC(=O)N1CCC(O)C1. The van der Waals surface area contributed by atoms with Crippen LogP contribution in [0.3, 0.4) is 0 Å². The van der Waals surface area contributed by atoms with E-state index in [1.54, 1.807) is 0 Å². The Balaban J connectivity index is 2.18. The summed E-state index contributed by atoms with van der Waals surface area (Å²) in [5.41, 5.74) is 0. The molecule has 0 aromatic heterocycles. The van der Waals surface area contributed by atoms with Gasteiger partial charge in [0.15, 0.2) is 6.10 Å². The first-order valence-electron chi connectivity index (χ1n) is 5.12. The van der Waals surface area contributed by atoms with E-state index in [4.69, 9.17) is 10.2 Å². The van der Waals surface area contributed by atoms with Crippen molar-refractivity contribution in [1.29, 1.82) is 0 Å². The quantitative estimate of drug-likeness (QED) is 0.476. The predicted molar refractivity (Wildman–Crippen MR) is 53.9 cm³/mol. The van der Waals surface area contributed by atoms with Crippen molar-refractivity contribution in [3.05, 3.63) is 0 Å². The summed E-state index contributed by atoms with van der Waals surface area (Å²) in [5.74, 6) is -1.30. The minimum atomic E-state index is -1.45. The van der Waals surface area contributed by atoms with Crippen LogP contribution in [0.1, 0.15) is 12.8 Å². The molecule has 2 atom stereocenters. The maximum Gasteiger partial charge on any atom is 0.332 e. The van der Waals surface area contributed by atoms with E-state index in [0.29, 0.717) is 19.5 Å². The van der Waals surface area contributed by atoms with Crippen LogP contribution in [0.4, 0.5) is 4.79 Å². The molecule has 7 heteroatoms. The number of rotatable bonds is 4. The number of urea groups is 1. The van der Waals surface area contributed by atoms with Crippen molar-refractivity contribution >= 4 is 12.0 Å². The van der Waals surface area contributed by atoms with Crippen molar-refractivity contribution in [3.63, 3.8) is 0 Å². The minimum absolute atomic E-state index is 0.0303. The van der Waals surface area contributed by atoms with E-state index in [0.717, 1.165) is 0 Å². The zero-order valence-corrected chi connectivity index (χ0v) is 8.80. The van der Waals surface area contributed by atoms with E-state index in [-0.39, 0.29) is 19.0 Å². The molecule has 1 rings (SSSR count). The van der Waals surface area contributed by atoms with Gasteiger partial charge in [0.1, 0.15) is 0 Å². The smallest absolute Gasteiger partial charge is 0.332 e. The molecule has 2 unspecified atom stereocenters. The third-order valence-corrected chi connectivity index (χ3v) is 2.43. The summed E-state index contributed by atoms with van der Waals surface area (Å²) in [6.45, 7) is 0.890. The number of aliphatic carboxylic acids is 1. The first-order chi connectivity index (χ1) is 7.50. The molecule has 1 saturated heterocycles. The van der Waals surface area contributed by atoms with Crippen LogP contribution in [-0.4, -0.2) is 64.1 Å². The number of carboxylic acids is 1. The Morgan fingerprint density at radius 3 is 2.69 bits per heavy atom. The Morgan fingerprint density at radius 1 is 1.50 bits per heavy atom. The number of hydrogen-bond acceptors (Lipinski definition) is 4. The highest BCUT2D eigenvalue weighted by Gasteiger charge is 2.24. The average molecular weight is 232 g/mol. The molecule has 1 aliphatic heterocycles. The summed E-state index contributed by atoms with van der Waals surface area (Å²) < 4.78 is 0. The van der Waals surface area contributed by atoms with Gasteiger partial charge in [-0.1, -0.05) is 0 Å². The number of carbonyl (C=O) groups excluding carboxylic acids is 1. The second-order valence-corrected chi connectivity index (χ2v) is 3.76. The van der Waals surface area contributed by atoms with Gasteiger partial charge in [-0.25, -0.2) is 9.59 Å². The highest BCUT2D eigenvalue weighted by molar-refractivity contribution is 5.75. The Morgan fingerprint density at radius 2 is 2.19 bits per heavy atom. The fourth-order valence-corrected chi connectivity index (χ4v) is 1.48. The van der Waals surface area contributed by atoms with Crippen LogP contribution in [0, 0.1) is 0 Å². The molecule has 1 fully saturated rings. The molecule has 1 heterocycles. The van der Waals surface area contributed by atoms with Crippen molar-refractivity contribution in [1.82, 2.24) is 10.2 Å². The number of carboxylic acid groups (broad SMARTS) is 1. The van der Waals surface area contributed by atoms with Gasteiger partial charge in [0.05, 0.1) is 6.10 Å². The van der Waals surface area contributed by atoms with Crippen LogP contribution in [0.15, 0.2) is 0 Å². The zero-order valence-electron chi connectivity index (χ0n) is 8.80. The third kappa shape index (κ3) is 3.67. The number of hydrogen-bond donors (Lipinski definition) is 4. The van der Waals surface area contributed by atoms with Gasteiger partial charge in [-0.05, 0) is 6.42 Å². The molecule has 0 saturated carbocycles. The molecule has 0 spiro atoms. The van der Waals surface area contributed by atoms with Crippen molar-refractivity contribution in [2.24, 2.45) is 0 Å². The zero-order chi connectivity index (χ0) is 12.1. The van der Waals surface area contributed by atoms with Gasteiger partial charge in [-0.15, -0.1) is 0 Å². The molecule has 0 bridgehead atoms. The molecule has 0 radical (unpaired) electrons. The van der Waals surface area contributed by atoms with Crippen LogP contribution in [0.25, 0.3) is 0 Å². The van der Waals surface area contributed by atoms with Gasteiger partial charge in [-0.3, -0.25) is 0 Å². The maximum absolute atomic E-state index is 11.4. The minimum Gasteiger partial charge on any atom is -0.479 e. The molecule has 16 heavy (non-hydrogen) atoms. The normalized spacial score (nSPS) is 21.9. The fraction of sp³-hybridized carbons (Fsp3) is 0.778. The fourth-order valence-electron chi connectivity index (χ4n) is 1.48. The van der Waals surface area contributed by atoms with Crippen molar-refractivity contribution in [3.8, 4) is 0 Å². The van der Waals surface area contributed by atoms with E-state index in [1.807, 2.05) is 0 Å². The van der Waals surface area contributed by atoms with E-state index in [1.165, 1.54) is 4.90 Å². The Bertz CT molecular complexity index is 271. The molecule has 92 valence electrons. The molecule has 7 nitrogen and oxygen atoms in total. The predicted octanol–water partition coefficient (Wildman–Crippen LogP) is -1.40. The van der Waals surface area contributed by atoms with Crippen molar-refractivity contribution < 1.29 is 24.9 Å². The lowest BCUT2D eigenvalue weighted by molar-refractivity contribution is -0.146. The van der Waals surface area contributed by atoms with Gasteiger partial charge in [0.25, 0.3) is 0 Å². The van der Waals surface area contributed by atoms with E-state index in [2.05, 4.69) is 5.32 Å². The monoisotopic (exact) mass is 232 g/mol. The first kappa shape index (κ1) is 12.7. The Kier molecular flexibility index (Phi) is 4.51. The lowest BCUT2D eigenvalue weighted by Gasteiger charge is -2.16. The lowest BCUT2D eigenvalue weighted by Crippen LogP contribution is -2.40. The number of nitrogens with one attached hydrogen (secondary N) is 1. The molecule has 4 N–H and O–H groups in total. The number of nitrogens with zero attached hydrogens (tertiary/aromatic N) is 1. The van der Waals surface area contributed by atoms with E-state index < -0.39 is 18.2 Å². The van der Waals surface area contributed by atoms with Crippen molar-refractivity contribution in [2.75, 3.05) is 19.6 Å². The number of β-amino-alcohol motifs (C(OH)–C–C–N with tert-alkyl or cyclic N) is 1. The molecular formula is C9H16N2O5. The summed E-state index contributed by atoms with van der Waals surface area (Å²) >= 11 is 0. The number of aliphatic hydroxyl groups is 2. The van der Waals surface area contributed by atoms with Crippen LogP contribution in [0.5, 0.6) is 0 Å². The summed E-state index contributed by atoms with van der Waals surface area (Å²) in [6, 6.07) is -0.339. The van der Waals surface area contributed by atoms with Crippen LogP contribution < -0.4 is 5.32 Å². The molecular weight excluding hydrogens is 216 g/mol. The highest BCUT2D eigenvalue weighted by Crippen LogP contribution is 2.08. The van der Waals surface area contributed by atoms with Gasteiger partial charge in [0.2, 0.25) is 0 Å². The summed E-state index contributed by atoms with van der Waals surface area (Å²) in [6.07, 6.45) is -1.40. The highest BCUT2D eigenvalue weighted by atomic mass is 16.4. The topological polar surface area (TPSA) is 110 Å². The molecule has 0 aromatic rings. The summed E-state index contributed by atoms with van der Waals surface area (Å²) in [5, 5.41) is 29.0. The van der Waals surface area contributed by atoms with Gasteiger partial charge in [-0.2, -0.15) is 0 Å². The van der Waals surface area contributed by atoms with E-state index in [9.17, 15) is 14.7 Å². The second kappa shape index (κ2) is 5.66. The summed E-state index contributed by atoms with van der Waals surface area (Å²) in [4.78, 5) is 23.1. The second-order valence-electron chi connectivity index (χ2n) is 3.76. The first-order valence-corrected chi connectivity index (χ1v) is 5.12. The summed E-state index contributed by atoms with van der Waals surface area (Å²) in [7, 11) is 0. The Labute approximate surface area is 92.7 Å². The largest absolute Gasteiger partial charge is 0.479 e. The van der Waals surface area contributed by atoms with Gasteiger partial charge >= 0.3 is 12.0 Å². The standard InChI is InChI=1S/C9H16N2O5/c12-6-2-4-11(5-6)9(16)10-3-1-7(13)8(14)15/h6-7,12-13H,1-5H2,(H,10,16)(H,14,15). The number of aliphatic hydroxyl groups excluding tert-OH is 2. The van der Waals surface area contributed by atoms with Gasteiger partial charge < -0.3 is 25.5 Å².